The van der Waals surface area contributed by atoms with E-state index in [1.54, 1.807) is 0 Å². The van der Waals surface area contributed by atoms with Crippen molar-refractivity contribution in [2.45, 2.75) is 52.0 Å². The van der Waals surface area contributed by atoms with Gasteiger partial charge in [-0.1, -0.05) is 51.3 Å². The van der Waals surface area contributed by atoms with Gasteiger partial charge in [0.2, 0.25) is 0 Å². The molecule has 22 heavy (non-hydrogen) atoms. The lowest BCUT2D eigenvalue weighted by Crippen LogP contribution is -2.41. The Bertz CT molecular complexity index is 461. The van der Waals surface area contributed by atoms with Gasteiger partial charge in [-0.05, 0) is 36.9 Å². The smallest absolute Gasteiger partial charge is 0.196 e. The van der Waals surface area contributed by atoms with Gasteiger partial charge >= 0.3 is 0 Å². The largest absolute Gasteiger partial charge is 0.353 e. The summed E-state index contributed by atoms with van der Waals surface area (Å²) in [5.74, 6) is 0.875. The molecule has 0 unspecified atom stereocenters. The fourth-order valence-electron chi connectivity index (χ4n) is 2.58. The molecule has 4 N–H and O–H groups in total. The van der Waals surface area contributed by atoms with Gasteiger partial charge < -0.3 is 16.4 Å². The Labute approximate surface area is 134 Å². The summed E-state index contributed by atoms with van der Waals surface area (Å²) in [5, 5.41) is 7.02. The maximum Gasteiger partial charge on any atom is 0.196 e. The number of benzene rings is 1. The predicted molar refractivity (Wildman–Crippen MR) is 95.2 cm³/mol. The predicted octanol–water partition coefficient (Wildman–Crippen LogP) is 3.36. The molecular formula is C18H30N4. The maximum absolute atomic E-state index is 5.82. The van der Waals surface area contributed by atoms with E-state index in [0.717, 1.165) is 18.2 Å². The monoisotopic (exact) mass is 302 g/mol. The van der Waals surface area contributed by atoms with E-state index >= 15 is 0 Å². The third kappa shape index (κ3) is 5.68. The molecule has 0 aromatic heterocycles. The van der Waals surface area contributed by atoms with Crippen molar-refractivity contribution in [1.82, 2.24) is 5.32 Å². The average molecular weight is 302 g/mol. The third-order valence-electron chi connectivity index (χ3n) is 4.20. The Hall–Kier alpha value is -1.55. The Kier molecular flexibility index (Phi) is 6.25. The second-order valence-corrected chi connectivity index (χ2v) is 7.00. The van der Waals surface area contributed by atoms with Crippen molar-refractivity contribution in [2.75, 3.05) is 18.4 Å². The van der Waals surface area contributed by atoms with Crippen LogP contribution in [0, 0.1) is 5.41 Å². The highest BCUT2D eigenvalue weighted by Gasteiger charge is 2.18. The number of nitrogens with two attached hydrogens (primary N) is 1. The number of hydrogen-bond acceptors (Lipinski definition) is 2. The Morgan fingerprint density at radius 1 is 1.18 bits per heavy atom. The molecule has 2 rings (SSSR count). The molecule has 0 saturated heterocycles. The number of hydrogen-bond donors (Lipinski definition) is 3. The van der Waals surface area contributed by atoms with Gasteiger partial charge in [0.05, 0.1) is 0 Å². The zero-order chi connectivity index (χ0) is 15.8. The second kappa shape index (κ2) is 8.18. The third-order valence-corrected chi connectivity index (χ3v) is 4.20. The fraction of sp³-hybridized carbons (Fsp3) is 0.611. The van der Waals surface area contributed by atoms with Crippen molar-refractivity contribution < 1.29 is 0 Å². The highest BCUT2D eigenvalue weighted by Crippen LogP contribution is 2.18. The second-order valence-electron chi connectivity index (χ2n) is 7.00. The van der Waals surface area contributed by atoms with E-state index in [1.807, 2.05) is 18.2 Å². The summed E-state index contributed by atoms with van der Waals surface area (Å²) in [5.41, 5.74) is 6.91. The van der Waals surface area contributed by atoms with Gasteiger partial charge in [-0.25, -0.2) is 0 Å². The summed E-state index contributed by atoms with van der Waals surface area (Å²) < 4.78 is 0. The molecule has 0 radical (unpaired) electrons. The summed E-state index contributed by atoms with van der Waals surface area (Å²) in [6.45, 7) is 5.66. The number of nitrogens with zero attached hydrogens (tertiary/aromatic N) is 1. The zero-order valence-electron chi connectivity index (χ0n) is 13.9. The van der Waals surface area contributed by atoms with Gasteiger partial charge in [0.1, 0.15) is 0 Å². The van der Waals surface area contributed by atoms with Crippen molar-refractivity contribution in [3.8, 4) is 0 Å². The lowest BCUT2D eigenvalue weighted by Gasteiger charge is -2.26. The van der Waals surface area contributed by atoms with Crippen molar-refractivity contribution in [3.63, 3.8) is 0 Å². The van der Waals surface area contributed by atoms with Gasteiger partial charge in [0.15, 0.2) is 5.96 Å². The van der Waals surface area contributed by atoms with Gasteiger partial charge in [-0.2, -0.15) is 0 Å². The standard InChI is InChI=1S/C18H30N4/c1-18(2,13-19)14-20-17(21-15-9-5-3-6-10-15)22-16-11-7-4-8-12-16/h3,5-6,9-10,16H,4,7-8,11-14,19H2,1-2H3,(H2,20,21,22). The Balaban J connectivity index is 2.03. The maximum atomic E-state index is 5.82. The molecule has 1 aromatic rings. The van der Waals surface area contributed by atoms with Gasteiger partial charge in [-0.3, -0.25) is 4.99 Å². The zero-order valence-corrected chi connectivity index (χ0v) is 13.9. The Morgan fingerprint density at radius 2 is 1.86 bits per heavy atom. The van der Waals surface area contributed by atoms with Gasteiger partial charge in [-0.15, -0.1) is 0 Å². The molecule has 1 fully saturated rings. The lowest BCUT2D eigenvalue weighted by atomic mass is 9.94. The van der Waals surface area contributed by atoms with Crippen molar-refractivity contribution in [1.29, 1.82) is 0 Å². The fourth-order valence-corrected chi connectivity index (χ4v) is 2.58. The summed E-state index contributed by atoms with van der Waals surface area (Å²) in [7, 11) is 0. The average Bonchev–Trinajstić information content (AvgIpc) is 2.55. The van der Waals surface area contributed by atoms with Crippen LogP contribution in [0.25, 0.3) is 0 Å². The van der Waals surface area contributed by atoms with E-state index in [9.17, 15) is 0 Å². The number of aliphatic imine (C=N–C) groups is 1. The van der Waals surface area contributed by atoms with E-state index < -0.39 is 0 Å². The van der Waals surface area contributed by atoms with Gasteiger partial charge in [0, 0.05) is 18.3 Å². The molecule has 0 bridgehead atoms. The molecule has 1 saturated carbocycles. The molecule has 0 atom stereocenters. The van der Waals surface area contributed by atoms with Crippen LogP contribution in [0.2, 0.25) is 0 Å². The van der Waals surface area contributed by atoms with Crippen molar-refractivity contribution in [3.05, 3.63) is 30.3 Å². The number of guanidine groups is 1. The number of para-hydroxylation sites is 1. The van der Waals surface area contributed by atoms with E-state index in [4.69, 9.17) is 10.7 Å². The summed E-state index contributed by atoms with van der Waals surface area (Å²) in [4.78, 5) is 4.77. The highest BCUT2D eigenvalue weighted by molar-refractivity contribution is 5.93. The summed E-state index contributed by atoms with van der Waals surface area (Å²) in [6, 6.07) is 10.7. The van der Waals surface area contributed by atoms with Crippen LogP contribution in [0.15, 0.2) is 35.3 Å². The minimum atomic E-state index is 0.0257. The van der Waals surface area contributed by atoms with Crippen LogP contribution >= 0.6 is 0 Å². The summed E-state index contributed by atoms with van der Waals surface area (Å²) >= 11 is 0. The normalized spacial score (nSPS) is 17.3. The first-order valence-corrected chi connectivity index (χ1v) is 8.42. The quantitative estimate of drug-likeness (QED) is 0.577. The summed E-state index contributed by atoms with van der Waals surface area (Å²) in [6.07, 6.45) is 6.44. The van der Waals surface area contributed by atoms with E-state index in [0.29, 0.717) is 12.6 Å². The molecule has 1 aliphatic rings. The molecule has 0 aliphatic heterocycles. The lowest BCUT2D eigenvalue weighted by molar-refractivity contribution is 0.389. The van der Waals surface area contributed by atoms with Gasteiger partial charge in [0.25, 0.3) is 0 Å². The number of anilines is 1. The first-order valence-electron chi connectivity index (χ1n) is 8.42. The molecule has 4 nitrogen and oxygen atoms in total. The molecule has 0 spiro atoms. The topological polar surface area (TPSA) is 62.4 Å². The van der Waals surface area contributed by atoms with Crippen molar-refractivity contribution in [2.24, 2.45) is 16.1 Å². The van der Waals surface area contributed by atoms with E-state index in [1.165, 1.54) is 32.1 Å². The van der Waals surface area contributed by atoms with Crippen LogP contribution < -0.4 is 16.4 Å². The molecule has 122 valence electrons. The first-order chi connectivity index (χ1) is 10.6. The SMILES string of the molecule is CC(C)(CN)CN=C(Nc1ccccc1)NC1CCCCC1. The van der Waals surface area contributed by atoms with Crippen LogP contribution in [0.1, 0.15) is 46.0 Å². The van der Waals surface area contributed by atoms with Crippen molar-refractivity contribution >= 4 is 11.6 Å². The van der Waals surface area contributed by atoms with E-state index in [-0.39, 0.29) is 5.41 Å². The van der Waals surface area contributed by atoms with Crippen LogP contribution in [0.5, 0.6) is 0 Å². The molecule has 1 aliphatic carbocycles. The first kappa shape index (κ1) is 16.8. The minimum Gasteiger partial charge on any atom is -0.353 e. The Morgan fingerprint density at radius 3 is 2.50 bits per heavy atom. The van der Waals surface area contributed by atoms with Crippen LogP contribution in [0.4, 0.5) is 5.69 Å². The molecule has 0 heterocycles. The minimum absolute atomic E-state index is 0.0257. The highest BCUT2D eigenvalue weighted by atomic mass is 15.2. The van der Waals surface area contributed by atoms with Crippen LogP contribution in [0.3, 0.4) is 0 Å². The van der Waals surface area contributed by atoms with E-state index in [2.05, 4.69) is 36.6 Å². The molecular weight excluding hydrogens is 272 g/mol. The molecule has 1 aromatic carbocycles. The molecule has 0 amide bonds. The van der Waals surface area contributed by atoms with Crippen LogP contribution in [-0.4, -0.2) is 25.1 Å². The number of rotatable bonds is 5. The van der Waals surface area contributed by atoms with Crippen LogP contribution in [-0.2, 0) is 0 Å². The molecule has 4 heteroatoms. The number of nitrogens with one attached hydrogen (secondary N) is 2.